The molecule has 1 N–H and O–H groups in total. The minimum atomic E-state index is -0.118. The van der Waals surface area contributed by atoms with Crippen molar-refractivity contribution in [1.82, 2.24) is 14.8 Å². The van der Waals surface area contributed by atoms with E-state index in [0.717, 1.165) is 29.7 Å². The van der Waals surface area contributed by atoms with Crippen molar-refractivity contribution in [3.05, 3.63) is 48.3 Å². The van der Waals surface area contributed by atoms with Crippen LogP contribution in [0.2, 0.25) is 0 Å². The summed E-state index contributed by atoms with van der Waals surface area (Å²) in [5.74, 6) is 1.90. The molecule has 1 amide bonds. The number of aryl methyl sites for hydroxylation is 1. The Balaban J connectivity index is 1.54. The third kappa shape index (κ3) is 6.29. The fourth-order valence-electron chi connectivity index (χ4n) is 3.85. The number of hydrogen-bond donors (Lipinski definition) is 1. The number of carbonyl (C=O) groups excluding carboxylic acids is 2. The quantitative estimate of drug-likeness (QED) is 0.332. The van der Waals surface area contributed by atoms with Crippen molar-refractivity contribution in [3.63, 3.8) is 0 Å². The van der Waals surface area contributed by atoms with Gasteiger partial charge in [0, 0.05) is 24.2 Å². The van der Waals surface area contributed by atoms with E-state index in [1.54, 1.807) is 24.3 Å². The largest absolute Gasteiger partial charge is 0.325 e. The van der Waals surface area contributed by atoms with E-state index in [-0.39, 0.29) is 17.4 Å². The summed E-state index contributed by atoms with van der Waals surface area (Å²) in [4.78, 5) is 23.7. The zero-order valence-corrected chi connectivity index (χ0v) is 18.4. The van der Waals surface area contributed by atoms with E-state index in [1.807, 2.05) is 6.08 Å². The van der Waals surface area contributed by atoms with E-state index in [4.69, 9.17) is 0 Å². The second kappa shape index (κ2) is 11.1. The summed E-state index contributed by atoms with van der Waals surface area (Å²) in [6, 6.07) is 6.90. The van der Waals surface area contributed by atoms with Gasteiger partial charge in [-0.15, -0.1) is 16.8 Å². The van der Waals surface area contributed by atoms with Gasteiger partial charge in [0.1, 0.15) is 5.82 Å². The molecule has 1 saturated carbocycles. The maximum atomic E-state index is 12.3. The van der Waals surface area contributed by atoms with E-state index in [1.165, 1.54) is 50.8 Å². The summed E-state index contributed by atoms with van der Waals surface area (Å²) in [7, 11) is 0. The van der Waals surface area contributed by atoms with Crippen LogP contribution >= 0.6 is 11.8 Å². The minimum Gasteiger partial charge on any atom is -0.325 e. The van der Waals surface area contributed by atoms with Crippen molar-refractivity contribution in [2.45, 2.75) is 63.6 Å². The Kier molecular flexibility index (Phi) is 8.25. The molecule has 0 aliphatic heterocycles. The van der Waals surface area contributed by atoms with Crippen molar-refractivity contribution in [3.8, 4) is 0 Å². The summed E-state index contributed by atoms with van der Waals surface area (Å²) in [6.45, 7) is 6.01. The molecule has 0 unspecified atom stereocenters. The van der Waals surface area contributed by atoms with Crippen LogP contribution in [-0.4, -0.2) is 32.2 Å². The molecule has 30 heavy (non-hydrogen) atoms. The van der Waals surface area contributed by atoms with E-state index >= 15 is 0 Å². The number of thioether (sulfide) groups is 1. The lowest BCUT2D eigenvalue weighted by atomic mass is 9.86. The number of nitrogens with zero attached hydrogens (tertiary/aromatic N) is 3. The van der Waals surface area contributed by atoms with Gasteiger partial charge in [0.2, 0.25) is 5.91 Å². The number of aromatic nitrogens is 3. The van der Waals surface area contributed by atoms with Crippen molar-refractivity contribution >= 4 is 29.1 Å². The molecule has 3 rings (SSSR count). The molecule has 0 spiro atoms. The first-order valence-corrected chi connectivity index (χ1v) is 11.6. The van der Waals surface area contributed by atoms with E-state index < -0.39 is 0 Å². The molecule has 1 aromatic carbocycles. The van der Waals surface area contributed by atoms with Gasteiger partial charge in [0.25, 0.3) is 0 Å². The highest BCUT2D eigenvalue weighted by atomic mass is 32.2. The highest BCUT2D eigenvalue weighted by Crippen LogP contribution is 2.28. The molecular weight excluding hydrogens is 396 g/mol. The highest BCUT2D eigenvalue weighted by Gasteiger charge is 2.17. The molecule has 1 aliphatic carbocycles. The molecule has 7 heteroatoms. The topological polar surface area (TPSA) is 76.9 Å². The van der Waals surface area contributed by atoms with Gasteiger partial charge in [-0.3, -0.25) is 9.59 Å². The summed E-state index contributed by atoms with van der Waals surface area (Å²) < 4.78 is 2.06. The average Bonchev–Trinajstić information content (AvgIpc) is 3.14. The maximum Gasteiger partial charge on any atom is 0.234 e. The number of amides is 1. The number of Topliss-reactive ketones (excluding diaryl/α,β-unsaturated/α-hetero) is 1. The fourth-order valence-corrected chi connectivity index (χ4v) is 4.61. The van der Waals surface area contributed by atoms with Crippen LogP contribution < -0.4 is 5.32 Å². The summed E-state index contributed by atoms with van der Waals surface area (Å²) in [5.41, 5.74) is 1.30. The Morgan fingerprint density at radius 3 is 2.60 bits per heavy atom. The number of anilines is 1. The Morgan fingerprint density at radius 1 is 1.20 bits per heavy atom. The number of hydrogen-bond acceptors (Lipinski definition) is 5. The van der Waals surface area contributed by atoms with Gasteiger partial charge in [0.15, 0.2) is 10.9 Å². The summed E-state index contributed by atoms with van der Waals surface area (Å²) in [5, 5.41) is 12.3. The van der Waals surface area contributed by atoms with Crippen LogP contribution in [0.5, 0.6) is 0 Å². The molecule has 2 aromatic rings. The number of nitrogens with one attached hydrogen (secondary N) is 1. The smallest absolute Gasteiger partial charge is 0.234 e. The van der Waals surface area contributed by atoms with E-state index in [2.05, 4.69) is 26.7 Å². The Hall–Kier alpha value is -2.41. The van der Waals surface area contributed by atoms with Crippen molar-refractivity contribution < 1.29 is 9.59 Å². The predicted octanol–water partition coefficient (Wildman–Crippen LogP) is 4.91. The first-order chi connectivity index (χ1) is 14.6. The number of carbonyl (C=O) groups is 2. The van der Waals surface area contributed by atoms with Gasteiger partial charge in [-0.2, -0.15) is 0 Å². The van der Waals surface area contributed by atoms with Gasteiger partial charge in [-0.1, -0.05) is 49.9 Å². The fraction of sp³-hybridized carbons (Fsp3) is 0.478. The molecule has 160 valence electrons. The zero-order chi connectivity index (χ0) is 21.3. The number of ketones is 1. The number of allylic oxidation sites excluding steroid dienone is 1. The SMILES string of the molecule is C=CCn1c(CCC2CCCCC2)nnc1SCC(=O)Nc1ccc(C(C)=O)cc1. The van der Waals surface area contributed by atoms with E-state index in [0.29, 0.717) is 17.8 Å². The minimum absolute atomic E-state index is 0.00396. The van der Waals surface area contributed by atoms with Crippen LogP contribution in [0.3, 0.4) is 0 Å². The standard InChI is InChI=1S/C23H30N4O2S/c1-3-15-27-21(14-9-18-7-5-4-6-8-18)25-26-23(27)30-16-22(29)24-20-12-10-19(11-13-20)17(2)28/h3,10-13,18H,1,4-9,14-16H2,2H3,(H,24,29). The first kappa shape index (κ1) is 22.3. The lowest BCUT2D eigenvalue weighted by Crippen LogP contribution is -2.15. The van der Waals surface area contributed by atoms with Crippen LogP contribution in [0, 0.1) is 5.92 Å². The number of rotatable bonds is 10. The molecule has 0 radical (unpaired) electrons. The van der Waals surface area contributed by atoms with Crippen molar-refractivity contribution in [2.75, 3.05) is 11.1 Å². The summed E-state index contributed by atoms with van der Waals surface area (Å²) >= 11 is 1.38. The third-order valence-corrected chi connectivity index (χ3v) is 6.48. The molecule has 0 bridgehead atoms. The Bertz CT molecular complexity index is 870. The monoisotopic (exact) mass is 426 g/mol. The molecule has 1 aliphatic rings. The van der Waals surface area contributed by atoms with Crippen LogP contribution in [0.15, 0.2) is 42.1 Å². The molecule has 1 fully saturated rings. The second-order valence-electron chi connectivity index (χ2n) is 7.81. The molecule has 1 aromatic heterocycles. The van der Waals surface area contributed by atoms with Crippen LogP contribution in [0.4, 0.5) is 5.69 Å². The van der Waals surface area contributed by atoms with Crippen LogP contribution in [-0.2, 0) is 17.8 Å². The summed E-state index contributed by atoms with van der Waals surface area (Å²) in [6.07, 6.45) is 10.6. The van der Waals surface area contributed by atoms with E-state index in [9.17, 15) is 9.59 Å². The Morgan fingerprint density at radius 2 is 1.93 bits per heavy atom. The van der Waals surface area contributed by atoms with Crippen LogP contribution in [0.1, 0.15) is 61.6 Å². The van der Waals surface area contributed by atoms with Gasteiger partial charge >= 0.3 is 0 Å². The first-order valence-electron chi connectivity index (χ1n) is 10.6. The lowest BCUT2D eigenvalue weighted by molar-refractivity contribution is -0.113. The number of benzene rings is 1. The highest BCUT2D eigenvalue weighted by molar-refractivity contribution is 7.99. The van der Waals surface area contributed by atoms with Crippen molar-refractivity contribution in [2.24, 2.45) is 5.92 Å². The lowest BCUT2D eigenvalue weighted by Gasteiger charge is -2.21. The van der Waals surface area contributed by atoms with Gasteiger partial charge in [-0.05, 0) is 43.5 Å². The molecule has 0 saturated heterocycles. The van der Waals surface area contributed by atoms with Gasteiger partial charge < -0.3 is 9.88 Å². The molecule has 1 heterocycles. The zero-order valence-electron chi connectivity index (χ0n) is 17.6. The maximum absolute atomic E-state index is 12.3. The predicted molar refractivity (Wildman–Crippen MR) is 121 cm³/mol. The normalized spacial score (nSPS) is 14.4. The Labute approximate surface area is 182 Å². The molecular formula is C23H30N4O2S. The van der Waals surface area contributed by atoms with Crippen LogP contribution in [0.25, 0.3) is 0 Å². The van der Waals surface area contributed by atoms with Gasteiger partial charge in [-0.25, -0.2) is 0 Å². The average molecular weight is 427 g/mol. The third-order valence-electron chi connectivity index (χ3n) is 5.51. The van der Waals surface area contributed by atoms with Gasteiger partial charge in [0.05, 0.1) is 5.75 Å². The van der Waals surface area contributed by atoms with Crippen molar-refractivity contribution in [1.29, 1.82) is 0 Å². The second-order valence-corrected chi connectivity index (χ2v) is 8.75. The molecule has 6 nitrogen and oxygen atoms in total. The molecule has 0 atom stereocenters.